The van der Waals surface area contributed by atoms with Gasteiger partial charge in [-0.05, 0) is 12.1 Å². The topological polar surface area (TPSA) is 64.3 Å². The quantitative estimate of drug-likeness (QED) is 0.793. The fraction of sp³-hybridized carbons (Fsp3) is 0.214. The van der Waals surface area contributed by atoms with Crippen LogP contribution in [0.5, 0.6) is 0 Å². The third kappa shape index (κ3) is 2.27. The van der Waals surface area contributed by atoms with E-state index in [1.165, 1.54) is 29.8 Å². The van der Waals surface area contributed by atoms with Crippen LogP contribution in [0.15, 0.2) is 46.1 Å². The summed E-state index contributed by atoms with van der Waals surface area (Å²) in [7, 11) is 4.44. The Bertz CT molecular complexity index is 759. The van der Waals surface area contributed by atoms with Gasteiger partial charge in [0.2, 0.25) is 0 Å². The number of aryl methyl sites for hydroxylation is 1. The molecule has 1 aromatic heterocycles. The summed E-state index contributed by atoms with van der Waals surface area (Å²) in [4.78, 5) is 37.4. The molecule has 0 bridgehead atoms. The van der Waals surface area contributed by atoms with Gasteiger partial charge in [0, 0.05) is 33.0 Å². The zero-order valence-corrected chi connectivity index (χ0v) is 11.5. The molecule has 0 radical (unpaired) electrons. The van der Waals surface area contributed by atoms with E-state index in [2.05, 4.69) is 0 Å². The highest BCUT2D eigenvalue weighted by atomic mass is 16.2. The first-order valence-corrected chi connectivity index (χ1v) is 6.03. The average molecular weight is 273 g/mol. The molecule has 1 amide bonds. The zero-order valence-electron chi connectivity index (χ0n) is 11.5. The maximum absolute atomic E-state index is 12.4. The van der Waals surface area contributed by atoms with E-state index < -0.39 is 17.2 Å². The predicted octanol–water partition coefficient (Wildman–Crippen LogP) is 0.361. The number of hydrogen-bond donors (Lipinski definition) is 0. The van der Waals surface area contributed by atoms with Crippen LogP contribution in [0.3, 0.4) is 0 Å². The second-order valence-corrected chi connectivity index (χ2v) is 4.50. The Kier molecular flexibility index (Phi) is 3.56. The molecule has 2 rings (SSSR count). The second kappa shape index (κ2) is 5.16. The van der Waals surface area contributed by atoms with E-state index in [-0.39, 0.29) is 5.56 Å². The van der Waals surface area contributed by atoms with E-state index >= 15 is 0 Å². The zero-order chi connectivity index (χ0) is 14.9. The minimum Gasteiger partial charge on any atom is -0.311 e. The smallest absolute Gasteiger partial charge is 0.311 e. The third-order valence-electron chi connectivity index (χ3n) is 3.12. The van der Waals surface area contributed by atoms with Gasteiger partial charge in [0.1, 0.15) is 5.56 Å². The molecule has 0 atom stereocenters. The SMILES string of the molecule is CN(C(=O)c1cn(C)c(=O)n(C)c1=O)c1ccccc1. The molecule has 0 aliphatic heterocycles. The minimum atomic E-state index is -0.596. The number of carbonyl (C=O) groups is 1. The second-order valence-electron chi connectivity index (χ2n) is 4.50. The summed E-state index contributed by atoms with van der Waals surface area (Å²) >= 11 is 0. The van der Waals surface area contributed by atoms with Crippen LogP contribution in [-0.4, -0.2) is 22.1 Å². The van der Waals surface area contributed by atoms with E-state index in [0.29, 0.717) is 5.69 Å². The molecule has 6 heteroatoms. The molecule has 20 heavy (non-hydrogen) atoms. The molecule has 6 nitrogen and oxygen atoms in total. The van der Waals surface area contributed by atoms with Gasteiger partial charge in [-0.1, -0.05) is 18.2 Å². The van der Waals surface area contributed by atoms with Gasteiger partial charge in [0.15, 0.2) is 0 Å². The summed E-state index contributed by atoms with van der Waals surface area (Å²) in [6.45, 7) is 0. The summed E-state index contributed by atoms with van der Waals surface area (Å²) < 4.78 is 2.14. The monoisotopic (exact) mass is 273 g/mol. The van der Waals surface area contributed by atoms with Crippen molar-refractivity contribution in [3.05, 3.63) is 62.9 Å². The van der Waals surface area contributed by atoms with Crippen molar-refractivity contribution in [3.8, 4) is 0 Å². The van der Waals surface area contributed by atoms with Gasteiger partial charge in [-0.3, -0.25) is 14.2 Å². The first-order chi connectivity index (χ1) is 9.43. The highest BCUT2D eigenvalue weighted by Crippen LogP contribution is 2.12. The molecule has 0 aliphatic carbocycles. The number of para-hydroxylation sites is 1. The van der Waals surface area contributed by atoms with Crippen LogP contribution in [-0.2, 0) is 14.1 Å². The van der Waals surface area contributed by atoms with Crippen LogP contribution in [0.4, 0.5) is 5.69 Å². The number of nitrogens with zero attached hydrogens (tertiary/aromatic N) is 3. The maximum Gasteiger partial charge on any atom is 0.330 e. The average Bonchev–Trinajstić information content (AvgIpc) is 2.48. The molecule has 0 N–H and O–H groups in total. The molecular formula is C14H15N3O3. The Morgan fingerprint density at radius 3 is 2.30 bits per heavy atom. The first kappa shape index (κ1) is 13.8. The van der Waals surface area contributed by atoms with Gasteiger partial charge in [0.05, 0.1) is 0 Å². The number of rotatable bonds is 2. The third-order valence-corrected chi connectivity index (χ3v) is 3.12. The highest BCUT2D eigenvalue weighted by Gasteiger charge is 2.19. The molecule has 0 unspecified atom stereocenters. The van der Waals surface area contributed by atoms with Crippen molar-refractivity contribution in [2.75, 3.05) is 11.9 Å². The van der Waals surface area contributed by atoms with E-state index in [1.807, 2.05) is 6.07 Å². The summed E-state index contributed by atoms with van der Waals surface area (Å²) in [5.41, 5.74) is -0.427. The van der Waals surface area contributed by atoms with Gasteiger partial charge < -0.3 is 9.47 Å². The molecule has 104 valence electrons. The van der Waals surface area contributed by atoms with Gasteiger partial charge >= 0.3 is 5.69 Å². The van der Waals surface area contributed by atoms with Gasteiger partial charge in [-0.25, -0.2) is 4.79 Å². The van der Waals surface area contributed by atoms with Crippen LogP contribution in [0.25, 0.3) is 0 Å². The number of aromatic nitrogens is 2. The van der Waals surface area contributed by atoms with Crippen molar-refractivity contribution in [1.29, 1.82) is 0 Å². The van der Waals surface area contributed by atoms with E-state index in [9.17, 15) is 14.4 Å². The van der Waals surface area contributed by atoms with Crippen LogP contribution in [0.2, 0.25) is 0 Å². The van der Waals surface area contributed by atoms with Crippen LogP contribution in [0.1, 0.15) is 10.4 Å². The first-order valence-electron chi connectivity index (χ1n) is 6.03. The number of benzene rings is 1. The van der Waals surface area contributed by atoms with Crippen LogP contribution < -0.4 is 16.1 Å². The van der Waals surface area contributed by atoms with Crippen molar-refractivity contribution < 1.29 is 4.79 Å². The lowest BCUT2D eigenvalue weighted by Crippen LogP contribution is -2.42. The summed E-state index contributed by atoms with van der Waals surface area (Å²) in [6, 6.07) is 8.98. The molecule has 2 aromatic rings. The molecular weight excluding hydrogens is 258 g/mol. The Labute approximate surface area is 115 Å². The number of hydrogen-bond acceptors (Lipinski definition) is 3. The predicted molar refractivity (Wildman–Crippen MR) is 76.1 cm³/mol. The van der Waals surface area contributed by atoms with Crippen molar-refractivity contribution in [2.24, 2.45) is 14.1 Å². The molecule has 1 heterocycles. The van der Waals surface area contributed by atoms with Crippen molar-refractivity contribution in [2.45, 2.75) is 0 Å². The number of amides is 1. The van der Waals surface area contributed by atoms with E-state index in [0.717, 1.165) is 4.57 Å². The minimum absolute atomic E-state index is 0.0408. The van der Waals surface area contributed by atoms with Crippen molar-refractivity contribution in [3.63, 3.8) is 0 Å². The summed E-state index contributed by atoms with van der Waals surface area (Å²) in [6.07, 6.45) is 1.27. The van der Waals surface area contributed by atoms with Gasteiger partial charge in [0.25, 0.3) is 11.5 Å². The normalized spacial score (nSPS) is 10.3. The molecule has 1 aromatic carbocycles. The lowest BCUT2D eigenvalue weighted by Gasteiger charge is -2.17. The maximum atomic E-state index is 12.4. The Hall–Kier alpha value is -2.63. The lowest BCUT2D eigenvalue weighted by molar-refractivity contribution is 0.0990. The summed E-state index contributed by atoms with van der Waals surface area (Å²) in [5, 5.41) is 0. The molecule has 0 saturated carbocycles. The van der Waals surface area contributed by atoms with Gasteiger partial charge in [-0.2, -0.15) is 0 Å². The summed E-state index contributed by atoms with van der Waals surface area (Å²) in [5.74, 6) is -0.451. The number of anilines is 1. The molecule has 0 saturated heterocycles. The van der Waals surface area contributed by atoms with Gasteiger partial charge in [-0.15, -0.1) is 0 Å². The van der Waals surface area contributed by atoms with E-state index in [4.69, 9.17) is 0 Å². The highest BCUT2D eigenvalue weighted by molar-refractivity contribution is 6.05. The standard InChI is InChI=1S/C14H15N3O3/c1-15-9-11(13(19)17(3)14(15)20)12(18)16(2)10-7-5-4-6-8-10/h4-9H,1-3H3. The fourth-order valence-corrected chi connectivity index (χ4v) is 1.90. The lowest BCUT2D eigenvalue weighted by atomic mass is 10.2. The Morgan fingerprint density at radius 1 is 1.10 bits per heavy atom. The van der Waals surface area contributed by atoms with E-state index in [1.54, 1.807) is 31.3 Å². The largest absolute Gasteiger partial charge is 0.330 e. The molecule has 0 aliphatic rings. The number of carbonyl (C=O) groups excluding carboxylic acids is 1. The Balaban J connectivity index is 2.50. The molecule has 0 fully saturated rings. The van der Waals surface area contributed by atoms with Crippen LogP contribution in [0, 0.1) is 0 Å². The van der Waals surface area contributed by atoms with Crippen molar-refractivity contribution >= 4 is 11.6 Å². The fourth-order valence-electron chi connectivity index (χ4n) is 1.90. The van der Waals surface area contributed by atoms with Crippen LogP contribution >= 0.6 is 0 Å². The van der Waals surface area contributed by atoms with Crippen molar-refractivity contribution in [1.82, 2.24) is 9.13 Å². The molecule has 0 spiro atoms. The Morgan fingerprint density at radius 2 is 1.70 bits per heavy atom.